The van der Waals surface area contributed by atoms with Gasteiger partial charge >= 0.3 is 6.03 Å². The van der Waals surface area contributed by atoms with Gasteiger partial charge in [-0.2, -0.15) is 0 Å². The lowest BCUT2D eigenvalue weighted by molar-refractivity contribution is -0.133. The summed E-state index contributed by atoms with van der Waals surface area (Å²) in [5.41, 5.74) is 2.42. The number of halogens is 1. The van der Waals surface area contributed by atoms with E-state index in [0.717, 1.165) is 48.1 Å². The van der Waals surface area contributed by atoms with Gasteiger partial charge in [-0.25, -0.2) is 9.18 Å². The van der Waals surface area contributed by atoms with Crippen LogP contribution >= 0.6 is 11.3 Å². The largest absolute Gasteiger partial charge is 0.454 e. The van der Waals surface area contributed by atoms with Crippen LogP contribution in [0.15, 0.2) is 53.9 Å². The van der Waals surface area contributed by atoms with Crippen LogP contribution in [0.1, 0.15) is 48.1 Å². The number of nitrogens with one attached hydrogen (secondary N) is 1. The summed E-state index contributed by atoms with van der Waals surface area (Å²) >= 11 is 1.62. The summed E-state index contributed by atoms with van der Waals surface area (Å²) < 4.78 is 24.7. The molecule has 5 rings (SSSR count). The highest BCUT2D eigenvalue weighted by molar-refractivity contribution is 7.10. The first-order valence-corrected chi connectivity index (χ1v) is 13.9. The van der Waals surface area contributed by atoms with Crippen LogP contribution in [0.5, 0.6) is 11.5 Å². The molecule has 1 fully saturated rings. The molecule has 2 heterocycles. The van der Waals surface area contributed by atoms with Crippen LogP contribution in [0.25, 0.3) is 0 Å². The monoisotopic (exact) mass is 537 g/mol. The Hall–Kier alpha value is -3.59. The molecule has 3 amide bonds. The molecular formula is C29H32FN3O4S. The maximum Gasteiger partial charge on any atom is 0.322 e. The average molecular weight is 538 g/mol. The van der Waals surface area contributed by atoms with E-state index in [2.05, 4.69) is 5.32 Å². The van der Waals surface area contributed by atoms with E-state index >= 15 is 0 Å². The number of hydrogen-bond donors (Lipinski definition) is 1. The number of hydrogen-bond acceptors (Lipinski definition) is 5. The molecule has 38 heavy (non-hydrogen) atoms. The lowest BCUT2D eigenvalue weighted by Crippen LogP contribution is -2.49. The van der Waals surface area contributed by atoms with E-state index in [1.807, 2.05) is 36.6 Å². The van der Waals surface area contributed by atoms with E-state index in [0.29, 0.717) is 30.3 Å². The molecule has 2 aromatic carbocycles. The maximum atomic E-state index is 13.9. The summed E-state index contributed by atoms with van der Waals surface area (Å²) in [6, 6.07) is 13.1. The van der Waals surface area contributed by atoms with Gasteiger partial charge < -0.3 is 24.6 Å². The van der Waals surface area contributed by atoms with Crippen LogP contribution in [-0.2, 0) is 17.9 Å². The Labute approximate surface area is 226 Å². The summed E-state index contributed by atoms with van der Waals surface area (Å²) in [7, 11) is 0. The van der Waals surface area contributed by atoms with Crippen LogP contribution in [0.2, 0.25) is 0 Å². The molecule has 1 N–H and O–H groups in total. The fraction of sp³-hybridized carbons (Fsp3) is 0.379. The number of ether oxygens (including phenoxy) is 2. The molecular weight excluding hydrogens is 505 g/mol. The second kappa shape index (κ2) is 11.9. The van der Waals surface area contributed by atoms with Crippen molar-refractivity contribution >= 4 is 29.0 Å². The highest BCUT2D eigenvalue weighted by Gasteiger charge is 2.30. The summed E-state index contributed by atoms with van der Waals surface area (Å²) in [4.78, 5) is 31.8. The Morgan fingerprint density at radius 2 is 1.84 bits per heavy atom. The van der Waals surface area contributed by atoms with Crippen molar-refractivity contribution in [2.75, 3.05) is 18.7 Å². The van der Waals surface area contributed by atoms with E-state index < -0.39 is 5.82 Å². The zero-order valence-corrected chi connectivity index (χ0v) is 22.3. The van der Waals surface area contributed by atoms with Gasteiger partial charge in [-0.15, -0.1) is 11.3 Å². The van der Waals surface area contributed by atoms with Gasteiger partial charge in [-0.3, -0.25) is 4.79 Å². The van der Waals surface area contributed by atoms with Crippen molar-refractivity contribution in [1.29, 1.82) is 0 Å². The van der Waals surface area contributed by atoms with E-state index in [1.165, 1.54) is 12.1 Å². The molecule has 0 saturated heterocycles. The first-order chi connectivity index (χ1) is 18.5. The lowest BCUT2D eigenvalue weighted by Gasteiger charge is -2.35. The van der Waals surface area contributed by atoms with Gasteiger partial charge in [-0.1, -0.05) is 31.4 Å². The molecule has 0 bridgehead atoms. The third-order valence-corrected chi connectivity index (χ3v) is 8.13. The molecule has 0 unspecified atom stereocenters. The third-order valence-electron chi connectivity index (χ3n) is 7.12. The Morgan fingerprint density at radius 1 is 1.03 bits per heavy atom. The van der Waals surface area contributed by atoms with Crippen LogP contribution in [0.4, 0.5) is 14.9 Å². The van der Waals surface area contributed by atoms with Crippen molar-refractivity contribution in [1.82, 2.24) is 9.80 Å². The zero-order valence-electron chi connectivity index (χ0n) is 21.5. The molecule has 1 saturated carbocycles. The first-order valence-electron chi connectivity index (χ1n) is 13.0. The Bertz CT molecular complexity index is 1290. The molecule has 0 spiro atoms. The van der Waals surface area contributed by atoms with E-state index in [9.17, 15) is 14.0 Å². The van der Waals surface area contributed by atoms with Gasteiger partial charge in [0.2, 0.25) is 12.7 Å². The fourth-order valence-electron chi connectivity index (χ4n) is 5.00. The minimum absolute atomic E-state index is 0.0443. The second-order valence-electron chi connectivity index (χ2n) is 9.82. The average Bonchev–Trinajstić information content (AvgIpc) is 3.55. The minimum Gasteiger partial charge on any atom is -0.454 e. The van der Waals surface area contributed by atoms with Gasteiger partial charge in [0.05, 0.1) is 6.54 Å². The van der Waals surface area contributed by atoms with Crippen molar-refractivity contribution in [2.24, 2.45) is 0 Å². The minimum atomic E-state index is -0.427. The molecule has 2 aliphatic rings. The summed E-state index contributed by atoms with van der Waals surface area (Å²) in [6.45, 7) is 2.99. The molecule has 1 aromatic heterocycles. The highest BCUT2D eigenvalue weighted by Crippen LogP contribution is 2.33. The second-order valence-corrected chi connectivity index (χ2v) is 10.8. The summed E-state index contributed by atoms with van der Waals surface area (Å²) in [6.07, 6.45) is 4.83. The van der Waals surface area contributed by atoms with Crippen LogP contribution in [-0.4, -0.2) is 41.1 Å². The van der Waals surface area contributed by atoms with Crippen molar-refractivity contribution in [3.63, 3.8) is 0 Å². The first kappa shape index (κ1) is 26.0. The Kier molecular flexibility index (Phi) is 8.12. The SMILES string of the molecule is Cc1ccsc1CN(Cc1ccc2c(c1)OCO2)C(=O)CN(C(=O)Nc1cccc(F)c1)C1CCCCC1. The molecule has 9 heteroatoms. The molecule has 0 atom stereocenters. The number of benzene rings is 2. The zero-order chi connectivity index (χ0) is 26.5. The standard InChI is InChI=1S/C29H32FN3O4S/c1-20-12-13-38-27(20)17-32(16-21-10-11-25-26(14-21)37-19-36-25)28(34)18-33(24-8-3-2-4-9-24)29(35)31-23-7-5-6-22(30)15-23/h5-7,10-15,24H,2-4,8-9,16-19H2,1H3,(H,31,35). The van der Waals surface area contributed by atoms with Gasteiger partial charge in [0.15, 0.2) is 11.5 Å². The van der Waals surface area contributed by atoms with Crippen LogP contribution in [0.3, 0.4) is 0 Å². The Balaban J connectivity index is 1.37. The summed E-state index contributed by atoms with van der Waals surface area (Å²) in [5.74, 6) is 0.790. The lowest BCUT2D eigenvalue weighted by atomic mass is 9.94. The van der Waals surface area contributed by atoms with Gasteiger partial charge in [0.1, 0.15) is 12.4 Å². The van der Waals surface area contributed by atoms with E-state index in [1.54, 1.807) is 33.3 Å². The number of amides is 3. The molecule has 0 radical (unpaired) electrons. The smallest absolute Gasteiger partial charge is 0.322 e. The molecule has 3 aromatic rings. The van der Waals surface area contributed by atoms with Gasteiger partial charge in [0.25, 0.3) is 0 Å². The molecule has 1 aliphatic carbocycles. The van der Waals surface area contributed by atoms with Gasteiger partial charge in [0, 0.05) is 23.2 Å². The van der Waals surface area contributed by atoms with E-state index in [4.69, 9.17) is 9.47 Å². The number of anilines is 1. The fourth-order valence-corrected chi connectivity index (χ4v) is 5.92. The number of rotatable bonds is 8. The maximum absolute atomic E-state index is 13.9. The molecule has 7 nitrogen and oxygen atoms in total. The van der Waals surface area contributed by atoms with Crippen molar-refractivity contribution in [3.8, 4) is 11.5 Å². The van der Waals surface area contributed by atoms with Crippen molar-refractivity contribution < 1.29 is 23.5 Å². The number of nitrogens with zero attached hydrogens (tertiary/aromatic N) is 2. The topological polar surface area (TPSA) is 71.1 Å². The number of aryl methyl sites for hydroxylation is 1. The number of carbonyl (C=O) groups is 2. The quantitative estimate of drug-likeness (QED) is 0.365. The van der Waals surface area contributed by atoms with Crippen molar-refractivity contribution in [2.45, 2.75) is 58.2 Å². The summed E-state index contributed by atoms with van der Waals surface area (Å²) in [5, 5.41) is 4.83. The number of urea groups is 1. The molecule has 1 aliphatic heterocycles. The third kappa shape index (κ3) is 6.27. The normalized spacial score (nSPS) is 14.8. The number of fused-ring (bicyclic) bond motifs is 1. The number of carbonyl (C=O) groups excluding carboxylic acids is 2. The number of thiophene rings is 1. The predicted octanol–water partition coefficient (Wildman–Crippen LogP) is 6.32. The van der Waals surface area contributed by atoms with Crippen LogP contribution < -0.4 is 14.8 Å². The molecule has 200 valence electrons. The van der Waals surface area contributed by atoms with Gasteiger partial charge in [-0.05, 0) is 72.7 Å². The predicted molar refractivity (Wildman–Crippen MR) is 145 cm³/mol. The Morgan fingerprint density at radius 3 is 2.61 bits per heavy atom. The highest BCUT2D eigenvalue weighted by atomic mass is 32.1. The van der Waals surface area contributed by atoms with Crippen molar-refractivity contribution in [3.05, 3.63) is 75.7 Å². The van der Waals surface area contributed by atoms with E-state index in [-0.39, 0.29) is 31.3 Å². The van der Waals surface area contributed by atoms with Crippen LogP contribution in [0, 0.1) is 12.7 Å².